The van der Waals surface area contributed by atoms with Crippen LogP contribution in [0.25, 0.3) is 0 Å². The first-order valence-corrected chi connectivity index (χ1v) is 7.64. The standard InChI is InChI=1S/C17H24N2O2/c1-13(2)16(20)18-9-6-10-19(12-11-18)17(21)15-8-5-4-7-14(15)3/h4-5,7-8,13H,6,9-12H2,1-3H3. The summed E-state index contributed by atoms with van der Waals surface area (Å²) in [6.45, 7) is 8.51. The zero-order valence-corrected chi connectivity index (χ0v) is 13.1. The van der Waals surface area contributed by atoms with Crippen LogP contribution in [-0.2, 0) is 4.79 Å². The highest BCUT2D eigenvalue weighted by Gasteiger charge is 2.24. The molecule has 1 aliphatic rings. The maximum atomic E-state index is 12.6. The quantitative estimate of drug-likeness (QED) is 0.838. The second-order valence-electron chi connectivity index (χ2n) is 5.94. The number of hydrogen-bond acceptors (Lipinski definition) is 2. The minimum absolute atomic E-state index is 0.0172. The lowest BCUT2D eigenvalue weighted by Gasteiger charge is -2.24. The Morgan fingerprint density at radius 1 is 1.00 bits per heavy atom. The van der Waals surface area contributed by atoms with E-state index in [1.807, 2.05) is 54.8 Å². The van der Waals surface area contributed by atoms with E-state index in [-0.39, 0.29) is 17.7 Å². The van der Waals surface area contributed by atoms with Crippen LogP contribution in [-0.4, -0.2) is 47.8 Å². The molecule has 1 aromatic carbocycles. The van der Waals surface area contributed by atoms with Gasteiger partial charge in [0.2, 0.25) is 5.91 Å². The minimum Gasteiger partial charge on any atom is -0.341 e. The molecule has 4 nitrogen and oxygen atoms in total. The predicted molar refractivity (Wildman–Crippen MR) is 83.1 cm³/mol. The van der Waals surface area contributed by atoms with Gasteiger partial charge in [0.1, 0.15) is 0 Å². The average Bonchev–Trinajstić information content (AvgIpc) is 2.72. The van der Waals surface area contributed by atoms with Crippen molar-refractivity contribution in [3.05, 3.63) is 35.4 Å². The fourth-order valence-electron chi connectivity index (χ4n) is 2.69. The Balaban J connectivity index is 2.05. The van der Waals surface area contributed by atoms with Crippen LogP contribution in [0.2, 0.25) is 0 Å². The van der Waals surface area contributed by atoms with Gasteiger partial charge in [-0.1, -0.05) is 32.0 Å². The highest BCUT2D eigenvalue weighted by Crippen LogP contribution is 2.14. The van der Waals surface area contributed by atoms with Gasteiger partial charge in [0.15, 0.2) is 0 Å². The molecule has 0 bridgehead atoms. The van der Waals surface area contributed by atoms with E-state index >= 15 is 0 Å². The van der Waals surface area contributed by atoms with E-state index in [2.05, 4.69) is 0 Å². The van der Waals surface area contributed by atoms with Gasteiger partial charge in [-0.3, -0.25) is 9.59 Å². The molecule has 114 valence electrons. The zero-order valence-electron chi connectivity index (χ0n) is 13.1. The SMILES string of the molecule is Cc1ccccc1C(=O)N1CCCN(C(=O)C(C)C)CC1. The van der Waals surface area contributed by atoms with Crippen LogP contribution >= 0.6 is 0 Å². The van der Waals surface area contributed by atoms with E-state index < -0.39 is 0 Å². The van der Waals surface area contributed by atoms with E-state index in [0.29, 0.717) is 13.1 Å². The summed E-state index contributed by atoms with van der Waals surface area (Å²) in [5.41, 5.74) is 1.77. The Morgan fingerprint density at radius 2 is 1.62 bits per heavy atom. The third-order valence-corrected chi connectivity index (χ3v) is 3.96. The van der Waals surface area contributed by atoms with Crippen molar-refractivity contribution in [2.75, 3.05) is 26.2 Å². The Hall–Kier alpha value is -1.84. The van der Waals surface area contributed by atoms with Crippen molar-refractivity contribution in [1.82, 2.24) is 9.80 Å². The van der Waals surface area contributed by atoms with E-state index in [9.17, 15) is 9.59 Å². The molecular weight excluding hydrogens is 264 g/mol. The molecule has 2 amide bonds. The summed E-state index contributed by atoms with van der Waals surface area (Å²) in [6.07, 6.45) is 0.843. The summed E-state index contributed by atoms with van der Waals surface area (Å²) >= 11 is 0. The molecule has 0 saturated carbocycles. The number of hydrogen-bond donors (Lipinski definition) is 0. The van der Waals surface area contributed by atoms with Gasteiger partial charge in [-0.05, 0) is 25.0 Å². The summed E-state index contributed by atoms with van der Waals surface area (Å²) in [7, 11) is 0. The molecule has 0 N–H and O–H groups in total. The van der Waals surface area contributed by atoms with Crippen molar-refractivity contribution in [3.63, 3.8) is 0 Å². The second-order valence-corrected chi connectivity index (χ2v) is 5.94. The monoisotopic (exact) mass is 288 g/mol. The zero-order chi connectivity index (χ0) is 15.4. The Morgan fingerprint density at radius 3 is 2.29 bits per heavy atom. The normalized spacial score (nSPS) is 16.0. The fraction of sp³-hybridized carbons (Fsp3) is 0.529. The van der Waals surface area contributed by atoms with Crippen molar-refractivity contribution in [3.8, 4) is 0 Å². The highest BCUT2D eigenvalue weighted by atomic mass is 16.2. The summed E-state index contributed by atoms with van der Waals surface area (Å²) in [6, 6.07) is 7.67. The minimum atomic E-state index is 0.0172. The molecule has 4 heteroatoms. The third kappa shape index (κ3) is 3.63. The highest BCUT2D eigenvalue weighted by molar-refractivity contribution is 5.95. The molecule has 0 atom stereocenters. The van der Waals surface area contributed by atoms with Crippen molar-refractivity contribution in [1.29, 1.82) is 0 Å². The van der Waals surface area contributed by atoms with Crippen molar-refractivity contribution >= 4 is 11.8 Å². The van der Waals surface area contributed by atoms with Gasteiger partial charge in [0.25, 0.3) is 5.91 Å². The van der Waals surface area contributed by atoms with Gasteiger partial charge < -0.3 is 9.80 Å². The first-order valence-electron chi connectivity index (χ1n) is 7.64. The number of nitrogens with zero attached hydrogens (tertiary/aromatic N) is 2. The van der Waals surface area contributed by atoms with E-state index in [1.54, 1.807) is 0 Å². The van der Waals surface area contributed by atoms with Crippen LogP contribution in [0, 0.1) is 12.8 Å². The topological polar surface area (TPSA) is 40.6 Å². The van der Waals surface area contributed by atoms with Crippen LogP contribution in [0.3, 0.4) is 0 Å². The molecule has 1 aromatic rings. The van der Waals surface area contributed by atoms with Crippen molar-refractivity contribution in [2.45, 2.75) is 27.2 Å². The molecule has 0 aromatic heterocycles. The first kappa shape index (κ1) is 15.5. The number of amides is 2. The molecule has 2 rings (SSSR count). The van der Waals surface area contributed by atoms with E-state index in [1.165, 1.54) is 0 Å². The Labute approximate surface area is 126 Å². The van der Waals surface area contributed by atoms with Crippen LogP contribution in [0.4, 0.5) is 0 Å². The van der Waals surface area contributed by atoms with Gasteiger partial charge >= 0.3 is 0 Å². The number of carbonyl (C=O) groups is 2. The molecule has 0 aliphatic carbocycles. The maximum absolute atomic E-state index is 12.6. The Kier molecular flexibility index (Phi) is 4.99. The predicted octanol–water partition coefficient (Wildman–Crippen LogP) is 2.33. The van der Waals surface area contributed by atoms with E-state index in [0.717, 1.165) is 30.6 Å². The van der Waals surface area contributed by atoms with Crippen LogP contribution in [0.1, 0.15) is 36.2 Å². The lowest BCUT2D eigenvalue weighted by molar-refractivity contribution is -0.134. The summed E-state index contributed by atoms with van der Waals surface area (Å²) in [5, 5.41) is 0. The lowest BCUT2D eigenvalue weighted by atomic mass is 10.1. The molecule has 1 heterocycles. The summed E-state index contributed by atoms with van der Waals surface area (Å²) in [5.74, 6) is 0.274. The molecule has 21 heavy (non-hydrogen) atoms. The summed E-state index contributed by atoms with van der Waals surface area (Å²) in [4.78, 5) is 28.4. The molecule has 1 aliphatic heterocycles. The molecule has 1 fully saturated rings. The molecule has 0 spiro atoms. The van der Waals surface area contributed by atoms with Gasteiger partial charge in [-0.2, -0.15) is 0 Å². The van der Waals surface area contributed by atoms with Gasteiger partial charge in [0, 0.05) is 37.7 Å². The number of carbonyl (C=O) groups excluding carboxylic acids is 2. The lowest BCUT2D eigenvalue weighted by Crippen LogP contribution is -2.39. The molecule has 1 saturated heterocycles. The van der Waals surface area contributed by atoms with Crippen LogP contribution < -0.4 is 0 Å². The second kappa shape index (κ2) is 6.74. The number of benzene rings is 1. The maximum Gasteiger partial charge on any atom is 0.254 e. The van der Waals surface area contributed by atoms with E-state index in [4.69, 9.17) is 0 Å². The Bertz CT molecular complexity index is 525. The largest absolute Gasteiger partial charge is 0.341 e. The van der Waals surface area contributed by atoms with Crippen LogP contribution in [0.5, 0.6) is 0 Å². The third-order valence-electron chi connectivity index (χ3n) is 3.96. The van der Waals surface area contributed by atoms with Crippen LogP contribution in [0.15, 0.2) is 24.3 Å². The molecular formula is C17H24N2O2. The molecule has 0 radical (unpaired) electrons. The number of aryl methyl sites for hydroxylation is 1. The van der Waals surface area contributed by atoms with Gasteiger partial charge in [-0.25, -0.2) is 0 Å². The fourth-order valence-corrected chi connectivity index (χ4v) is 2.69. The van der Waals surface area contributed by atoms with Crippen molar-refractivity contribution in [2.24, 2.45) is 5.92 Å². The van der Waals surface area contributed by atoms with Gasteiger partial charge in [-0.15, -0.1) is 0 Å². The first-order chi connectivity index (χ1) is 10.0. The smallest absolute Gasteiger partial charge is 0.254 e. The van der Waals surface area contributed by atoms with Gasteiger partial charge in [0.05, 0.1) is 0 Å². The molecule has 0 unspecified atom stereocenters. The number of rotatable bonds is 2. The summed E-state index contributed by atoms with van der Waals surface area (Å²) < 4.78 is 0. The average molecular weight is 288 g/mol. The van der Waals surface area contributed by atoms with Crippen molar-refractivity contribution < 1.29 is 9.59 Å².